The number of nitrogens with zero attached hydrogens (tertiary/aromatic N) is 2. The SMILES string of the molecule is CCOC(=O)N1CCC(NC(=O)c2ccc(S(=O)(=O)N(C)C)cc2)CC1. The number of carbonyl (C=O) groups excluding carboxylic acids is 2. The van der Waals surface area contributed by atoms with E-state index in [1.165, 1.54) is 38.4 Å². The minimum absolute atomic E-state index is 0.0293. The molecule has 0 saturated carbocycles. The van der Waals surface area contributed by atoms with Crippen LogP contribution in [0.15, 0.2) is 29.2 Å². The molecule has 2 amide bonds. The number of hydrogen-bond donors (Lipinski definition) is 1. The van der Waals surface area contributed by atoms with Crippen LogP contribution in [0.5, 0.6) is 0 Å². The molecule has 0 spiro atoms. The van der Waals surface area contributed by atoms with E-state index in [-0.39, 0.29) is 22.9 Å². The van der Waals surface area contributed by atoms with Crippen molar-refractivity contribution in [2.75, 3.05) is 33.8 Å². The van der Waals surface area contributed by atoms with Gasteiger partial charge in [0.05, 0.1) is 11.5 Å². The Morgan fingerprint density at radius 1 is 1.19 bits per heavy atom. The molecule has 144 valence electrons. The van der Waals surface area contributed by atoms with E-state index in [1.807, 2.05) is 0 Å². The lowest BCUT2D eigenvalue weighted by atomic mass is 10.0. The van der Waals surface area contributed by atoms with Crippen molar-refractivity contribution in [3.63, 3.8) is 0 Å². The average Bonchev–Trinajstić information content (AvgIpc) is 2.62. The predicted octanol–water partition coefficient (Wildman–Crippen LogP) is 1.29. The summed E-state index contributed by atoms with van der Waals surface area (Å²) in [5.74, 6) is -0.256. The quantitative estimate of drug-likeness (QED) is 0.826. The second-order valence-electron chi connectivity index (χ2n) is 6.25. The van der Waals surface area contributed by atoms with Gasteiger partial charge in [0.2, 0.25) is 10.0 Å². The summed E-state index contributed by atoms with van der Waals surface area (Å²) in [5.41, 5.74) is 0.399. The smallest absolute Gasteiger partial charge is 0.409 e. The highest BCUT2D eigenvalue weighted by Crippen LogP contribution is 2.15. The first-order chi connectivity index (χ1) is 12.3. The van der Waals surface area contributed by atoms with Crippen molar-refractivity contribution in [3.05, 3.63) is 29.8 Å². The minimum atomic E-state index is -3.51. The Hall–Kier alpha value is -2.13. The van der Waals surface area contributed by atoms with Crippen LogP contribution in [0.3, 0.4) is 0 Å². The van der Waals surface area contributed by atoms with Gasteiger partial charge < -0.3 is 15.0 Å². The second kappa shape index (κ2) is 8.50. The molecule has 1 aromatic carbocycles. The summed E-state index contributed by atoms with van der Waals surface area (Å²) in [6.07, 6.45) is 0.977. The molecule has 0 unspecified atom stereocenters. The zero-order chi connectivity index (χ0) is 19.3. The molecule has 1 aliphatic rings. The first-order valence-electron chi connectivity index (χ1n) is 8.51. The van der Waals surface area contributed by atoms with Gasteiger partial charge >= 0.3 is 6.09 Å². The molecule has 1 fully saturated rings. The van der Waals surface area contributed by atoms with Crippen molar-refractivity contribution in [1.82, 2.24) is 14.5 Å². The minimum Gasteiger partial charge on any atom is -0.450 e. The van der Waals surface area contributed by atoms with Gasteiger partial charge in [0, 0.05) is 38.8 Å². The summed E-state index contributed by atoms with van der Waals surface area (Å²) in [4.78, 5) is 25.8. The molecule has 0 atom stereocenters. The van der Waals surface area contributed by atoms with Crippen LogP contribution in [0.25, 0.3) is 0 Å². The molecule has 2 rings (SSSR count). The van der Waals surface area contributed by atoms with Gasteiger partial charge in [0.15, 0.2) is 0 Å². The maximum Gasteiger partial charge on any atom is 0.409 e. The van der Waals surface area contributed by atoms with Crippen LogP contribution < -0.4 is 5.32 Å². The lowest BCUT2D eigenvalue weighted by Crippen LogP contribution is -2.46. The van der Waals surface area contributed by atoms with E-state index in [4.69, 9.17) is 4.74 Å². The van der Waals surface area contributed by atoms with E-state index in [2.05, 4.69) is 5.32 Å². The largest absolute Gasteiger partial charge is 0.450 e. The molecule has 0 bridgehead atoms. The number of rotatable bonds is 5. The monoisotopic (exact) mass is 383 g/mol. The maximum atomic E-state index is 12.3. The van der Waals surface area contributed by atoms with Crippen molar-refractivity contribution < 1.29 is 22.7 Å². The Morgan fingerprint density at radius 3 is 2.27 bits per heavy atom. The van der Waals surface area contributed by atoms with Crippen molar-refractivity contribution in [3.8, 4) is 0 Å². The normalized spacial score (nSPS) is 15.8. The molecule has 1 heterocycles. The number of ether oxygens (including phenoxy) is 1. The number of likely N-dealkylation sites (tertiary alicyclic amines) is 1. The molecule has 9 heteroatoms. The van der Waals surface area contributed by atoms with E-state index in [0.717, 1.165) is 4.31 Å². The number of hydrogen-bond acceptors (Lipinski definition) is 5. The molecule has 26 heavy (non-hydrogen) atoms. The zero-order valence-electron chi connectivity index (χ0n) is 15.3. The van der Waals surface area contributed by atoms with Crippen LogP contribution in [0.2, 0.25) is 0 Å². The van der Waals surface area contributed by atoms with Gasteiger partial charge in [-0.3, -0.25) is 4.79 Å². The lowest BCUT2D eigenvalue weighted by molar-refractivity contribution is 0.0860. The highest BCUT2D eigenvalue weighted by Gasteiger charge is 2.25. The number of sulfonamides is 1. The fourth-order valence-corrected chi connectivity index (χ4v) is 3.58. The number of amides is 2. The molecular weight excluding hydrogens is 358 g/mol. The number of piperidine rings is 1. The molecule has 0 aliphatic carbocycles. The zero-order valence-corrected chi connectivity index (χ0v) is 16.1. The fraction of sp³-hybridized carbons (Fsp3) is 0.529. The van der Waals surface area contributed by atoms with Crippen molar-refractivity contribution >= 4 is 22.0 Å². The van der Waals surface area contributed by atoms with Crippen LogP contribution in [0, 0.1) is 0 Å². The molecule has 1 aromatic rings. The van der Waals surface area contributed by atoms with Gasteiger partial charge in [0.1, 0.15) is 0 Å². The molecule has 1 saturated heterocycles. The van der Waals surface area contributed by atoms with Crippen LogP contribution in [-0.4, -0.2) is 69.5 Å². The van der Waals surface area contributed by atoms with Gasteiger partial charge in [-0.15, -0.1) is 0 Å². The predicted molar refractivity (Wildman–Crippen MR) is 96.4 cm³/mol. The summed E-state index contributed by atoms with van der Waals surface area (Å²) >= 11 is 0. The summed E-state index contributed by atoms with van der Waals surface area (Å²) in [7, 11) is -0.599. The number of carbonyl (C=O) groups is 2. The summed E-state index contributed by atoms with van der Waals surface area (Å²) in [6, 6.07) is 5.82. The third kappa shape index (κ3) is 4.73. The van der Waals surface area contributed by atoms with Crippen molar-refractivity contribution in [2.45, 2.75) is 30.7 Å². The Balaban J connectivity index is 1.92. The summed E-state index contributed by atoms with van der Waals surface area (Å²) in [5, 5.41) is 2.93. The molecule has 0 radical (unpaired) electrons. The Labute approximate surface area is 154 Å². The average molecular weight is 383 g/mol. The molecular formula is C17H25N3O5S. The molecule has 1 aliphatic heterocycles. The van der Waals surface area contributed by atoms with Crippen LogP contribution in [0.1, 0.15) is 30.1 Å². The van der Waals surface area contributed by atoms with E-state index >= 15 is 0 Å². The summed E-state index contributed by atoms with van der Waals surface area (Å²) in [6.45, 7) is 3.17. The first-order valence-corrected chi connectivity index (χ1v) is 9.95. The van der Waals surface area contributed by atoms with E-state index in [9.17, 15) is 18.0 Å². The van der Waals surface area contributed by atoms with Gasteiger partial charge in [-0.25, -0.2) is 17.5 Å². The Bertz CT molecular complexity index is 738. The van der Waals surface area contributed by atoms with Gasteiger partial charge in [-0.2, -0.15) is 0 Å². The summed E-state index contributed by atoms with van der Waals surface area (Å²) < 4.78 is 30.2. The lowest BCUT2D eigenvalue weighted by Gasteiger charge is -2.31. The van der Waals surface area contributed by atoms with Crippen molar-refractivity contribution in [2.24, 2.45) is 0 Å². The van der Waals surface area contributed by atoms with Crippen LogP contribution in [0.4, 0.5) is 4.79 Å². The third-order valence-corrected chi connectivity index (χ3v) is 6.08. The second-order valence-corrected chi connectivity index (χ2v) is 8.40. The fourth-order valence-electron chi connectivity index (χ4n) is 2.68. The number of nitrogens with one attached hydrogen (secondary N) is 1. The highest BCUT2D eigenvalue weighted by atomic mass is 32.2. The van der Waals surface area contributed by atoms with Crippen molar-refractivity contribution in [1.29, 1.82) is 0 Å². The van der Waals surface area contributed by atoms with E-state index in [1.54, 1.807) is 11.8 Å². The van der Waals surface area contributed by atoms with Crippen LogP contribution >= 0.6 is 0 Å². The standard InChI is InChI=1S/C17H25N3O5S/c1-4-25-17(22)20-11-9-14(10-12-20)18-16(21)13-5-7-15(8-6-13)26(23,24)19(2)3/h5-8,14H,4,9-12H2,1-3H3,(H,18,21). The Kier molecular flexibility index (Phi) is 6.60. The van der Waals surface area contributed by atoms with E-state index < -0.39 is 10.0 Å². The van der Waals surface area contributed by atoms with E-state index in [0.29, 0.717) is 38.1 Å². The molecule has 8 nitrogen and oxygen atoms in total. The van der Waals surface area contributed by atoms with Gasteiger partial charge in [0.25, 0.3) is 5.91 Å². The molecule has 0 aromatic heterocycles. The number of benzene rings is 1. The Morgan fingerprint density at radius 2 is 1.77 bits per heavy atom. The van der Waals surface area contributed by atoms with Gasteiger partial charge in [-0.05, 0) is 44.0 Å². The maximum absolute atomic E-state index is 12.3. The van der Waals surface area contributed by atoms with Gasteiger partial charge in [-0.1, -0.05) is 0 Å². The molecule has 1 N–H and O–H groups in total. The first kappa shape index (κ1) is 20.2. The third-order valence-electron chi connectivity index (χ3n) is 4.25. The highest BCUT2D eigenvalue weighted by molar-refractivity contribution is 7.89. The topological polar surface area (TPSA) is 96.0 Å². The van der Waals surface area contributed by atoms with Crippen LogP contribution in [-0.2, 0) is 14.8 Å².